The van der Waals surface area contributed by atoms with E-state index in [0.29, 0.717) is 11.5 Å². The van der Waals surface area contributed by atoms with Crippen LogP contribution in [0.1, 0.15) is 43.0 Å². The van der Waals surface area contributed by atoms with Crippen molar-refractivity contribution in [2.45, 2.75) is 38.6 Å². The first-order chi connectivity index (χ1) is 11.4. The number of rotatable bonds is 2. The topological polar surface area (TPSA) is 86.0 Å². The van der Waals surface area contributed by atoms with Crippen molar-refractivity contribution < 1.29 is 4.79 Å². The highest BCUT2D eigenvalue weighted by atomic mass is 16.2. The third-order valence-electron chi connectivity index (χ3n) is 4.98. The van der Waals surface area contributed by atoms with Gasteiger partial charge in [0.25, 0.3) is 11.5 Å². The van der Waals surface area contributed by atoms with Crippen LogP contribution in [0.25, 0.3) is 11.0 Å². The number of nitrogens with one attached hydrogen (secondary N) is 1. The van der Waals surface area contributed by atoms with Gasteiger partial charge in [0, 0.05) is 26.3 Å². The molecule has 24 heavy (non-hydrogen) atoms. The van der Waals surface area contributed by atoms with Gasteiger partial charge in [-0.3, -0.25) is 18.7 Å². The van der Waals surface area contributed by atoms with Crippen LogP contribution in [0.4, 0.5) is 0 Å². The summed E-state index contributed by atoms with van der Waals surface area (Å²) in [7, 11) is 2.97. The van der Waals surface area contributed by atoms with Crippen molar-refractivity contribution in [3.8, 4) is 0 Å². The highest BCUT2D eigenvalue weighted by Gasteiger charge is 2.23. The zero-order valence-corrected chi connectivity index (χ0v) is 14.2. The molecule has 1 amide bonds. The Morgan fingerprint density at radius 1 is 1.21 bits per heavy atom. The van der Waals surface area contributed by atoms with Gasteiger partial charge in [0.05, 0.1) is 10.9 Å². The molecule has 0 spiro atoms. The van der Waals surface area contributed by atoms with Crippen LogP contribution < -0.4 is 16.6 Å². The summed E-state index contributed by atoms with van der Waals surface area (Å²) in [4.78, 5) is 40.9. The molecule has 0 aromatic carbocycles. The number of hydrogen-bond acceptors (Lipinski definition) is 4. The first-order valence-corrected chi connectivity index (χ1v) is 8.26. The first-order valence-electron chi connectivity index (χ1n) is 8.26. The van der Waals surface area contributed by atoms with Gasteiger partial charge in [0.15, 0.2) is 0 Å². The van der Waals surface area contributed by atoms with E-state index in [1.54, 1.807) is 7.05 Å². The Labute approximate surface area is 139 Å². The summed E-state index contributed by atoms with van der Waals surface area (Å²) in [6.45, 7) is 2.15. The SMILES string of the molecule is C[C@H]1CCCC[C@@H]1NC(=O)c1cnc2c(c1)c(=O)n(C)c(=O)n2C. The van der Waals surface area contributed by atoms with Crippen LogP contribution >= 0.6 is 0 Å². The molecule has 2 atom stereocenters. The van der Waals surface area contributed by atoms with Gasteiger partial charge in [-0.1, -0.05) is 19.8 Å². The number of aromatic nitrogens is 3. The lowest BCUT2D eigenvalue weighted by molar-refractivity contribution is 0.0910. The molecule has 128 valence electrons. The number of carbonyl (C=O) groups is 1. The predicted molar refractivity (Wildman–Crippen MR) is 91.1 cm³/mol. The van der Waals surface area contributed by atoms with E-state index in [-0.39, 0.29) is 23.0 Å². The number of pyridine rings is 1. The number of aryl methyl sites for hydroxylation is 1. The van der Waals surface area contributed by atoms with Gasteiger partial charge in [-0.15, -0.1) is 0 Å². The molecule has 1 N–H and O–H groups in total. The highest BCUT2D eigenvalue weighted by Crippen LogP contribution is 2.24. The second-order valence-electron chi connectivity index (χ2n) is 6.64. The van der Waals surface area contributed by atoms with Crippen molar-refractivity contribution in [1.29, 1.82) is 0 Å². The Balaban J connectivity index is 1.97. The van der Waals surface area contributed by atoms with Crippen LogP contribution in [0.3, 0.4) is 0 Å². The largest absolute Gasteiger partial charge is 0.349 e. The van der Waals surface area contributed by atoms with Crippen LogP contribution in [0.2, 0.25) is 0 Å². The van der Waals surface area contributed by atoms with E-state index in [0.717, 1.165) is 23.8 Å². The van der Waals surface area contributed by atoms with Crippen molar-refractivity contribution in [2.24, 2.45) is 20.0 Å². The van der Waals surface area contributed by atoms with Crippen molar-refractivity contribution in [3.05, 3.63) is 38.7 Å². The van der Waals surface area contributed by atoms with Crippen LogP contribution in [0.15, 0.2) is 21.9 Å². The van der Waals surface area contributed by atoms with Gasteiger partial charge in [-0.05, 0) is 24.8 Å². The molecule has 0 saturated heterocycles. The number of amides is 1. The molecule has 1 saturated carbocycles. The lowest BCUT2D eigenvalue weighted by Gasteiger charge is -2.29. The zero-order chi connectivity index (χ0) is 17.4. The maximum Gasteiger partial charge on any atom is 0.332 e. The normalized spacial score (nSPS) is 21.0. The molecule has 2 aromatic rings. The lowest BCUT2D eigenvalue weighted by atomic mass is 9.86. The smallest absolute Gasteiger partial charge is 0.332 e. The Kier molecular flexibility index (Phi) is 4.26. The maximum atomic E-state index is 12.5. The fourth-order valence-electron chi connectivity index (χ4n) is 3.37. The molecule has 0 aliphatic heterocycles. The van der Waals surface area contributed by atoms with E-state index in [1.165, 1.54) is 30.3 Å². The fourth-order valence-corrected chi connectivity index (χ4v) is 3.37. The van der Waals surface area contributed by atoms with E-state index in [9.17, 15) is 14.4 Å². The first kappa shape index (κ1) is 16.4. The van der Waals surface area contributed by atoms with Crippen LogP contribution in [0.5, 0.6) is 0 Å². The number of carbonyl (C=O) groups excluding carboxylic acids is 1. The standard InChI is InChI=1S/C17H22N4O3/c1-10-6-4-5-7-13(10)19-15(22)11-8-12-14(18-9-11)20(2)17(24)21(3)16(12)23/h8-10,13H,4-7H2,1-3H3,(H,19,22)/t10-,13-/m0/s1. The summed E-state index contributed by atoms with van der Waals surface area (Å²) in [5, 5.41) is 3.32. The van der Waals surface area contributed by atoms with E-state index in [4.69, 9.17) is 0 Å². The molecular formula is C17H22N4O3. The van der Waals surface area contributed by atoms with E-state index < -0.39 is 11.2 Å². The average molecular weight is 330 g/mol. The van der Waals surface area contributed by atoms with Gasteiger partial charge in [0.1, 0.15) is 5.65 Å². The third kappa shape index (κ3) is 2.74. The van der Waals surface area contributed by atoms with E-state index >= 15 is 0 Å². The monoisotopic (exact) mass is 330 g/mol. The number of hydrogen-bond donors (Lipinski definition) is 1. The van der Waals surface area contributed by atoms with Crippen molar-refractivity contribution in [3.63, 3.8) is 0 Å². The highest BCUT2D eigenvalue weighted by molar-refractivity contribution is 5.96. The Hall–Kier alpha value is -2.44. The third-order valence-corrected chi connectivity index (χ3v) is 4.98. The molecule has 1 aliphatic carbocycles. The zero-order valence-electron chi connectivity index (χ0n) is 14.2. The average Bonchev–Trinajstić information content (AvgIpc) is 2.59. The summed E-state index contributed by atoms with van der Waals surface area (Å²) in [6.07, 6.45) is 5.83. The van der Waals surface area contributed by atoms with E-state index in [2.05, 4.69) is 17.2 Å². The predicted octanol–water partition coefficient (Wildman–Crippen LogP) is 0.941. The van der Waals surface area contributed by atoms with Gasteiger partial charge in [-0.25, -0.2) is 9.78 Å². The minimum absolute atomic E-state index is 0.157. The summed E-state index contributed by atoms with van der Waals surface area (Å²) >= 11 is 0. The van der Waals surface area contributed by atoms with Gasteiger partial charge >= 0.3 is 5.69 Å². The molecule has 0 unspecified atom stereocenters. The summed E-state index contributed by atoms with van der Waals surface area (Å²) in [5.41, 5.74) is -0.253. The van der Waals surface area contributed by atoms with Gasteiger partial charge < -0.3 is 5.32 Å². The summed E-state index contributed by atoms with van der Waals surface area (Å²) in [5.74, 6) is 0.226. The minimum Gasteiger partial charge on any atom is -0.349 e. The lowest BCUT2D eigenvalue weighted by Crippen LogP contribution is -2.41. The quantitative estimate of drug-likeness (QED) is 0.888. The molecular weight excluding hydrogens is 308 g/mol. The number of fused-ring (bicyclic) bond motifs is 1. The second-order valence-corrected chi connectivity index (χ2v) is 6.64. The van der Waals surface area contributed by atoms with Crippen molar-refractivity contribution >= 4 is 16.9 Å². The van der Waals surface area contributed by atoms with Crippen LogP contribution in [0, 0.1) is 5.92 Å². The molecule has 0 bridgehead atoms. The molecule has 2 aromatic heterocycles. The molecule has 2 heterocycles. The van der Waals surface area contributed by atoms with E-state index in [1.807, 2.05) is 0 Å². The van der Waals surface area contributed by atoms with Crippen molar-refractivity contribution in [2.75, 3.05) is 0 Å². The molecule has 0 radical (unpaired) electrons. The molecule has 1 fully saturated rings. The van der Waals surface area contributed by atoms with Crippen LogP contribution in [-0.4, -0.2) is 26.1 Å². The van der Waals surface area contributed by atoms with Crippen LogP contribution in [-0.2, 0) is 14.1 Å². The molecule has 7 nitrogen and oxygen atoms in total. The number of nitrogens with zero attached hydrogens (tertiary/aromatic N) is 3. The van der Waals surface area contributed by atoms with Crippen molar-refractivity contribution in [1.82, 2.24) is 19.4 Å². The molecule has 3 rings (SSSR count). The second kappa shape index (κ2) is 6.22. The minimum atomic E-state index is -0.443. The van der Waals surface area contributed by atoms with Gasteiger partial charge in [-0.2, -0.15) is 0 Å². The Morgan fingerprint density at radius 2 is 1.92 bits per heavy atom. The van der Waals surface area contributed by atoms with Gasteiger partial charge in [0.2, 0.25) is 0 Å². The maximum absolute atomic E-state index is 12.5. The molecule has 1 aliphatic rings. The fraction of sp³-hybridized carbons (Fsp3) is 0.529. The Bertz CT molecular complexity index is 912. The molecule has 7 heteroatoms. The summed E-state index contributed by atoms with van der Waals surface area (Å²) in [6, 6.07) is 1.68. The Morgan fingerprint density at radius 3 is 2.62 bits per heavy atom. The summed E-state index contributed by atoms with van der Waals surface area (Å²) < 4.78 is 2.33.